The van der Waals surface area contributed by atoms with Gasteiger partial charge in [0.15, 0.2) is 5.69 Å². The molecule has 2 aromatic heterocycles. The van der Waals surface area contributed by atoms with Gasteiger partial charge in [0.2, 0.25) is 0 Å². The van der Waals surface area contributed by atoms with E-state index < -0.39 is 0 Å². The summed E-state index contributed by atoms with van der Waals surface area (Å²) in [4.78, 5) is 28.4. The number of fused-ring (bicyclic) bond motifs is 2. The van der Waals surface area contributed by atoms with Crippen molar-refractivity contribution in [1.82, 2.24) is 25.4 Å². The van der Waals surface area contributed by atoms with Crippen molar-refractivity contribution in [2.24, 2.45) is 11.8 Å². The third-order valence-electron chi connectivity index (χ3n) is 6.10. The topological polar surface area (TPSA) is 101 Å². The van der Waals surface area contributed by atoms with Crippen molar-refractivity contribution in [3.63, 3.8) is 0 Å². The highest BCUT2D eigenvalue weighted by atomic mass is 16.5. The maximum Gasteiger partial charge on any atom is 0.271 e. The van der Waals surface area contributed by atoms with Crippen LogP contribution in [0.25, 0.3) is 10.9 Å². The molecule has 1 aliphatic heterocycles. The van der Waals surface area contributed by atoms with Crippen molar-refractivity contribution in [2.75, 3.05) is 20.3 Å². The standard InChI is InChI=1S/C21H23N5O3/c1-11(12-3-4-16-13(7-12)5-6-23-16)26-18(8-17(25-26)20(27)22-2)21(28)24-19-14-9-29-10-15(14)19/h3-8,11,14-15,19,23H,9-10H2,1-2H3,(H,22,27)(H,24,28)/t11-,14-,15+,19+/m0/s1. The number of nitrogens with one attached hydrogen (secondary N) is 3. The Kier molecular flexibility index (Phi) is 4.16. The largest absolute Gasteiger partial charge is 0.381 e. The smallest absolute Gasteiger partial charge is 0.271 e. The fourth-order valence-electron chi connectivity index (χ4n) is 4.25. The van der Waals surface area contributed by atoms with Gasteiger partial charge in [-0.05, 0) is 36.1 Å². The first kappa shape index (κ1) is 17.9. The second kappa shape index (κ2) is 6.73. The molecule has 2 fully saturated rings. The minimum atomic E-state index is -0.317. The van der Waals surface area contributed by atoms with Crippen LogP contribution in [0.3, 0.4) is 0 Å². The van der Waals surface area contributed by atoms with Gasteiger partial charge in [0.25, 0.3) is 11.8 Å². The number of hydrogen-bond donors (Lipinski definition) is 3. The third-order valence-corrected chi connectivity index (χ3v) is 6.10. The lowest BCUT2D eigenvalue weighted by Gasteiger charge is -2.16. The Hall–Kier alpha value is -3.13. The van der Waals surface area contributed by atoms with Crippen molar-refractivity contribution in [2.45, 2.75) is 19.0 Å². The van der Waals surface area contributed by atoms with Gasteiger partial charge in [-0.1, -0.05) is 6.07 Å². The number of nitrogens with zero attached hydrogens (tertiary/aromatic N) is 2. The van der Waals surface area contributed by atoms with E-state index in [1.165, 1.54) is 0 Å². The Morgan fingerprint density at radius 3 is 2.76 bits per heavy atom. The predicted octanol–water partition coefficient (Wildman–Crippen LogP) is 1.71. The summed E-state index contributed by atoms with van der Waals surface area (Å²) in [5.74, 6) is 0.286. The van der Waals surface area contributed by atoms with Crippen LogP contribution in [0.1, 0.15) is 39.5 Å². The van der Waals surface area contributed by atoms with Crippen LogP contribution >= 0.6 is 0 Å². The summed E-state index contributed by atoms with van der Waals surface area (Å²) in [6, 6.07) is 9.59. The third kappa shape index (κ3) is 3.00. The Labute approximate surface area is 167 Å². The molecule has 1 saturated carbocycles. The van der Waals surface area contributed by atoms with Gasteiger partial charge in [-0.15, -0.1) is 0 Å². The van der Waals surface area contributed by atoms with Crippen LogP contribution in [0.2, 0.25) is 0 Å². The van der Waals surface area contributed by atoms with Crippen molar-refractivity contribution < 1.29 is 14.3 Å². The Morgan fingerprint density at radius 2 is 2.00 bits per heavy atom. The van der Waals surface area contributed by atoms with E-state index in [0.29, 0.717) is 30.7 Å². The van der Waals surface area contributed by atoms with E-state index in [-0.39, 0.29) is 29.6 Å². The maximum atomic E-state index is 13.0. The molecule has 3 aromatic rings. The molecule has 3 heterocycles. The number of ether oxygens (including phenoxy) is 1. The van der Waals surface area contributed by atoms with Gasteiger partial charge < -0.3 is 20.4 Å². The molecule has 29 heavy (non-hydrogen) atoms. The monoisotopic (exact) mass is 393 g/mol. The van der Waals surface area contributed by atoms with E-state index in [1.54, 1.807) is 17.8 Å². The number of rotatable bonds is 5. The minimum absolute atomic E-state index is 0.148. The number of aromatic nitrogens is 3. The minimum Gasteiger partial charge on any atom is -0.381 e. The molecular weight excluding hydrogens is 370 g/mol. The molecule has 0 spiro atoms. The zero-order valence-electron chi connectivity index (χ0n) is 16.3. The van der Waals surface area contributed by atoms with E-state index in [4.69, 9.17) is 4.74 Å². The van der Waals surface area contributed by atoms with Gasteiger partial charge in [-0.25, -0.2) is 0 Å². The molecule has 0 radical (unpaired) electrons. The fraction of sp³-hybridized carbons (Fsp3) is 0.381. The summed E-state index contributed by atoms with van der Waals surface area (Å²) in [5.41, 5.74) is 2.67. The van der Waals surface area contributed by atoms with Gasteiger partial charge in [-0.2, -0.15) is 5.10 Å². The van der Waals surface area contributed by atoms with Gasteiger partial charge in [0.05, 0.1) is 19.3 Å². The van der Waals surface area contributed by atoms with Crippen molar-refractivity contribution in [1.29, 1.82) is 0 Å². The molecule has 2 aliphatic rings. The Bertz CT molecular complexity index is 1090. The first-order valence-corrected chi connectivity index (χ1v) is 9.84. The zero-order valence-corrected chi connectivity index (χ0v) is 16.3. The highest BCUT2D eigenvalue weighted by molar-refractivity contribution is 5.98. The van der Waals surface area contributed by atoms with Crippen molar-refractivity contribution in [3.8, 4) is 0 Å². The van der Waals surface area contributed by atoms with Crippen molar-refractivity contribution in [3.05, 3.63) is 53.5 Å². The number of hydrogen-bond acceptors (Lipinski definition) is 4. The summed E-state index contributed by atoms with van der Waals surface area (Å²) in [6.45, 7) is 3.38. The predicted molar refractivity (Wildman–Crippen MR) is 107 cm³/mol. The lowest BCUT2D eigenvalue weighted by atomic mass is 10.1. The number of H-pyrrole nitrogens is 1. The number of amides is 2. The summed E-state index contributed by atoms with van der Waals surface area (Å²) in [5, 5.41) is 11.2. The average molecular weight is 393 g/mol. The van der Waals surface area contributed by atoms with Crippen molar-refractivity contribution >= 4 is 22.7 Å². The van der Waals surface area contributed by atoms with Crippen LogP contribution in [0, 0.1) is 11.8 Å². The van der Waals surface area contributed by atoms with Crippen LogP contribution < -0.4 is 10.6 Å². The van der Waals surface area contributed by atoms with Gasteiger partial charge in [0.1, 0.15) is 5.69 Å². The normalized spacial score (nSPS) is 23.6. The highest BCUT2D eigenvalue weighted by Crippen LogP contribution is 2.44. The van der Waals surface area contributed by atoms with E-state index in [2.05, 4.69) is 26.8 Å². The number of carbonyl (C=O) groups is 2. The molecule has 0 unspecified atom stereocenters. The summed E-state index contributed by atoms with van der Waals surface area (Å²) < 4.78 is 7.04. The van der Waals surface area contributed by atoms with Crippen LogP contribution in [-0.4, -0.2) is 52.9 Å². The summed E-state index contributed by atoms with van der Waals surface area (Å²) >= 11 is 0. The number of benzene rings is 1. The Balaban J connectivity index is 1.47. The van der Waals surface area contributed by atoms with Crippen LogP contribution in [0.15, 0.2) is 36.5 Å². The van der Waals surface area contributed by atoms with Crippen LogP contribution in [-0.2, 0) is 4.74 Å². The molecule has 4 atom stereocenters. The SMILES string of the molecule is CNC(=O)c1cc(C(=O)N[C@H]2[C@@H]3COC[C@@H]32)n([C@@H](C)c2ccc3[nH]ccc3c2)n1. The quantitative estimate of drug-likeness (QED) is 0.614. The fourth-order valence-corrected chi connectivity index (χ4v) is 4.25. The summed E-state index contributed by atoms with van der Waals surface area (Å²) in [6.07, 6.45) is 1.89. The van der Waals surface area contributed by atoms with E-state index in [9.17, 15) is 9.59 Å². The molecule has 0 bridgehead atoms. The van der Waals surface area contributed by atoms with Crippen LogP contribution in [0.4, 0.5) is 0 Å². The lowest BCUT2D eigenvalue weighted by Crippen LogP contribution is -2.32. The van der Waals surface area contributed by atoms with Crippen LogP contribution in [0.5, 0.6) is 0 Å². The average Bonchev–Trinajstić information content (AvgIpc) is 3.26. The maximum absolute atomic E-state index is 13.0. The summed E-state index contributed by atoms with van der Waals surface area (Å²) in [7, 11) is 1.55. The second-order valence-electron chi connectivity index (χ2n) is 7.80. The molecule has 1 aromatic carbocycles. The molecule has 5 rings (SSSR count). The molecule has 1 aliphatic carbocycles. The molecule has 2 amide bonds. The van der Waals surface area contributed by atoms with E-state index >= 15 is 0 Å². The van der Waals surface area contributed by atoms with E-state index in [0.717, 1.165) is 16.5 Å². The first-order chi connectivity index (χ1) is 14.1. The molecule has 8 nitrogen and oxygen atoms in total. The van der Waals surface area contributed by atoms with Gasteiger partial charge >= 0.3 is 0 Å². The highest BCUT2D eigenvalue weighted by Gasteiger charge is 2.55. The molecular formula is C21H23N5O3. The second-order valence-corrected chi connectivity index (χ2v) is 7.80. The lowest BCUT2D eigenvalue weighted by molar-refractivity contribution is 0.0915. The molecule has 8 heteroatoms. The first-order valence-electron chi connectivity index (χ1n) is 9.84. The molecule has 150 valence electrons. The Morgan fingerprint density at radius 1 is 1.21 bits per heavy atom. The zero-order chi connectivity index (χ0) is 20.1. The number of aromatic amines is 1. The van der Waals surface area contributed by atoms with Gasteiger partial charge in [-0.3, -0.25) is 14.3 Å². The van der Waals surface area contributed by atoms with Gasteiger partial charge in [0, 0.05) is 42.7 Å². The molecule has 1 saturated heterocycles. The number of carbonyl (C=O) groups excluding carboxylic acids is 2. The van der Waals surface area contributed by atoms with E-state index in [1.807, 2.05) is 31.3 Å². The molecule has 3 N–H and O–H groups in total.